The van der Waals surface area contributed by atoms with Crippen LogP contribution in [0, 0.1) is 16.7 Å². The third-order valence-corrected chi connectivity index (χ3v) is 5.75. The van der Waals surface area contributed by atoms with Crippen LogP contribution in [0.15, 0.2) is 0 Å². The molecule has 3 fully saturated rings. The van der Waals surface area contributed by atoms with E-state index in [1.54, 1.807) is 20.8 Å². The fourth-order valence-corrected chi connectivity index (χ4v) is 4.66. The van der Waals surface area contributed by atoms with Crippen molar-refractivity contribution in [1.82, 2.24) is 0 Å². The summed E-state index contributed by atoms with van der Waals surface area (Å²) in [6.45, 7) is 6.39. The first-order valence-corrected chi connectivity index (χ1v) is 7.93. The van der Waals surface area contributed by atoms with Crippen molar-refractivity contribution in [2.45, 2.75) is 64.6 Å². The third kappa shape index (κ3) is 1.89. The summed E-state index contributed by atoms with van der Waals surface area (Å²) < 4.78 is 15.5. The second-order valence-electron chi connectivity index (χ2n) is 7.87. The molecule has 2 aliphatic heterocycles. The molecule has 2 heterocycles. The molecule has 0 radical (unpaired) electrons. The fraction of sp³-hybridized carbons (Fsp3) is 0.812. The zero-order chi connectivity index (χ0) is 18.1. The molecule has 24 heavy (non-hydrogen) atoms. The van der Waals surface area contributed by atoms with Crippen LogP contribution in [0.3, 0.4) is 0 Å². The van der Waals surface area contributed by atoms with Crippen LogP contribution >= 0.6 is 0 Å². The summed E-state index contributed by atoms with van der Waals surface area (Å²) in [5.41, 5.74) is -4.12. The average Bonchev–Trinajstić information content (AvgIpc) is 2.96. The predicted octanol–water partition coefficient (Wildman–Crippen LogP) is -0.108. The second kappa shape index (κ2) is 4.92. The van der Waals surface area contributed by atoms with E-state index in [0.29, 0.717) is 0 Å². The van der Waals surface area contributed by atoms with Gasteiger partial charge in [0.15, 0.2) is 6.10 Å². The summed E-state index contributed by atoms with van der Waals surface area (Å²) in [6, 6.07) is 0. The Morgan fingerprint density at radius 2 is 1.92 bits per heavy atom. The molecule has 1 aliphatic carbocycles. The van der Waals surface area contributed by atoms with E-state index in [1.165, 1.54) is 0 Å². The van der Waals surface area contributed by atoms with Crippen molar-refractivity contribution in [3.63, 3.8) is 0 Å². The molecule has 1 spiro atoms. The van der Waals surface area contributed by atoms with Crippen LogP contribution in [-0.2, 0) is 28.6 Å². The summed E-state index contributed by atoms with van der Waals surface area (Å²) in [5.74, 6) is -2.87. The Bertz CT molecular complexity index is 606. The minimum Gasteiger partial charge on any atom is -0.462 e. The maximum Gasteiger partial charge on any atom is 0.339 e. The molecule has 8 heteroatoms. The molecule has 2 N–H and O–H groups in total. The Morgan fingerprint density at radius 3 is 2.46 bits per heavy atom. The molecular formula is C16H22O8. The van der Waals surface area contributed by atoms with Crippen LogP contribution in [0.25, 0.3) is 0 Å². The largest absolute Gasteiger partial charge is 0.462 e. The molecule has 2 saturated heterocycles. The van der Waals surface area contributed by atoms with Gasteiger partial charge in [-0.3, -0.25) is 9.59 Å². The number of hydrogen-bond donors (Lipinski definition) is 2. The van der Waals surface area contributed by atoms with Crippen molar-refractivity contribution in [3.05, 3.63) is 0 Å². The van der Waals surface area contributed by atoms with E-state index in [9.17, 15) is 24.6 Å². The number of hydrogen-bond acceptors (Lipinski definition) is 8. The molecule has 0 amide bonds. The summed E-state index contributed by atoms with van der Waals surface area (Å²) in [4.78, 5) is 35.4. The Kier molecular flexibility index (Phi) is 3.52. The zero-order valence-electron chi connectivity index (χ0n) is 14.1. The maximum atomic E-state index is 12.1. The van der Waals surface area contributed by atoms with E-state index in [-0.39, 0.29) is 12.8 Å². The van der Waals surface area contributed by atoms with Crippen LogP contribution in [0.2, 0.25) is 0 Å². The molecule has 134 valence electrons. The topological polar surface area (TPSA) is 119 Å². The SMILES string of the molecule is CC(=O)O[C@@H]1OC(=O)[C@H](O)[C@]12[C@H]1CC(=O)O[C@H]1C[C@@]2(O)C(C)(C)C. The van der Waals surface area contributed by atoms with Crippen LogP contribution < -0.4 is 0 Å². The van der Waals surface area contributed by atoms with Gasteiger partial charge in [0.05, 0.1) is 12.0 Å². The van der Waals surface area contributed by atoms with Gasteiger partial charge >= 0.3 is 17.9 Å². The van der Waals surface area contributed by atoms with E-state index in [1.807, 2.05) is 0 Å². The van der Waals surface area contributed by atoms with Crippen molar-refractivity contribution >= 4 is 17.9 Å². The number of carbonyl (C=O) groups is 3. The standard InChI is InChI=1S/C16H22O8/c1-7(17)22-13-16(11(19)12(20)24-13)8-5-10(18)23-9(8)6-15(16,21)14(2,3)4/h8-9,11,13,19,21H,5-6H2,1-4H3/t8-,9-,11-,13+,15+,16+/m0/s1. The third-order valence-electron chi connectivity index (χ3n) is 5.75. The van der Waals surface area contributed by atoms with Crippen molar-refractivity contribution in [2.24, 2.45) is 16.7 Å². The van der Waals surface area contributed by atoms with Gasteiger partial charge in [-0.25, -0.2) is 4.79 Å². The first kappa shape index (κ1) is 17.2. The van der Waals surface area contributed by atoms with E-state index in [0.717, 1.165) is 6.92 Å². The lowest BCUT2D eigenvalue weighted by Crippen LogP contribution is -2.64. The minimum atomic E-state index is -1.73. The highest BCUT2D eigenvalue weighted by molar-refractivity contribution is 5.81. The van der Waals surface area contributed by atoms with Crippen molar-refractivity contribution in [3.8, 4) is 0 Å². The lowest BCUT2D eigenvalue weighted by Gasteiger charge is -2.50. The van der Waals surface area contributed by atoms with Crippen LogP contribution in [0.1, 0.15) is 40.5 Å². The predicted molar refractivity (Wildman–Crippen MR) is 77.1 cm³/mol. The van der Waals surface area contributed by atoms with Gasteiger partial charge in [0.25, 0.3) is 6.29 Å². The minimum absolute atomic E-state index is 0.0262. The van der Waals surface area contributed by atoms with Gasteiger partial charge < -0.3 is 24.4 Å². The summed E-state index contributed by atoms with van der Waals surface area (Å²) >= 11 is 0. The summed E-state index contributed by atoms with van der Waals surface area (Å²) in [5, 5.41) is 22.2. The summed E-state index contributed by atoms with van der Waals surface area (Å²) in [6.07, 6.45) is -3.95. The highest BCUT2D eigenvalue weighted by atomic mass is 16.7. The highest BCUT2D eigenvalue weighted by Crippen LogP contribution is 2.66. The average molecular weight is 342 g/mol. The van der Waals surface area contributed by atoms with Gasteiger partial charge in [-0.1, -0.05) is 20.8 Å². The molecule has 0 unspecified atom stereocenters. The first-order valence-electron chi connectivity index (χ1n) is 7.93. The first-order chi connectivity index (χ1) is 10.9. The number of rotatable bonds is 1. The number of fused-ring (bicyclic) bond motifs is 2. The molecule has 0 aromatic rings. The smallest absolute Gasteiger partial charge is 0.339 e. The maximum absolute atomic E-state index is 12.1. The lowest BCUT2D eigenvalue weighted by atomic mass is 9.57. The Hall–Kier alpha value is -1.67. The molecule has 0 aromatic heterocycles. The van der Waals surface area contributed by atoms with Crippen molar-refractivity contribution in [2.75, 3.05) is 0 Å². The number of esters is 3. The Morgan fingerprint density at radius 1 is 1.29 bits per heavy atom. The molecular weight excluding hydrogens is 320 g/mol. The zero-order valence-corrected chi connectivity index (χ0v) is 14.1. The molecule has 0 bridgehead atoms. The quantitative estimate of drug-likeness (QED) is 0.634. The van der Waals surface area contributed by atoms with Crippen molar-refractivity contribution < 1.29 is 38.8 Å². The molecule has 3 rings (SSSR count). The van der Waals surface area contributed by atoms with E-state index < -0.39 is 58.8 Å². The monoisotopic (exact) mass is 342 g/mol. The van der Waals surface area contributed by atoms with Gasteiger partial charge in [0.1, 0.15) is 11.5 Å². The molecule has 1 saturated carbocycles. The Labute approximate surface area is 139 Å². The van der Waals surface area contributed by atoms with Gasteiger partial charge in [0, 0.05) is 19.3 Å². The number of aliphatic hydroxyl groups excluding tert-OH is 1. The number of carbonyl (C=O) groups excluding carboxylic acids is 3. The molecule has 3 aliphatic rings. The molecule has 0 aromatic carbocycles. The van der Waals surface area contributed by atoms with E-state index in [4.69, 9.17) is 14.2 Å². The van der Waals surface area contributed by atoms with E-state index in [2.05, 4.69) is 0 Å². The van der Waals surface area contributed by atoms with Gasteiger partial charge in [-0.15, -0.1) is 0 Å². The van der Waals surface area contributed by atoms with Gasteiger partial charge in [-0.2, -0.15) is 0 Å². The number of cyclic esters (lactones) is 1. The highest BCUT2D eigenvalue weighted by Gasteiger charge is 2.81. The van der Waals surface area contributed by atoms with Crippen LogP contribution in [0.4, 0.5) is 0 Å². The molecule has 8 nitrogen and oxygen atoms in total. The number of aliphatic hydroxyl groups is 2. The molecule has 6 atom stereocenters. The normalized spacial score (nSPS) is 44.4. The number of ether oxygens (including phenoxy) is 3. The van der Waals surface area contributed by atoms with Gasteiger partial charge in [0.2, 0.25) is 0 Å². The van der Waals surface area contributed by atoms with Crippen LogP contribution in [-0.4, -0.2) is 52.2 Å². The van der Waals surface area contributed by atoms with E-state index >= 15 is 0 Å². The van der Waals surface area contributed by atoms with Crippen molar-refractivity contribution in [1.29, 1.82) is 0 Å². The van der Waals surface area contributed by atoms with Gasteiger partial charge in [-0.05, 0) is 5.41 Å². The van der Waals surface area contributed by atoms with Crippen LogP contribution in [0.5, 0.6) is 0 Å². The Balaban J connectivity index is 2.21. The second-order valence-corrected chi connectivity index (χ2v) is 7.87. The summed E-state index contributed by atoms with van der Waals surface area (Å²) in [7, 11) is 0. The lowest BCUT2D eigenvalue weighted by molar-refractivity contribution is -0.251. The fourth-order valence-electron chi connectivity index (χ4n) is 4.66.